The topological polar surface area (TPSA) is 0 Å². The molecule has 2 rings (SSSR count). The van der Waals surface area contributed by atoms with Crippen molar-refractivity contribution in [3.8, 4) is 0 Å². The van der Waals surface area contributed by atoms with E-state index in [0.717, 1.165) is 0 Å². The molecule has 0 aromatic carbocycles. The molecule has 93 valence electrons. The Morgan fingerprint density at radius 3 is 0.400 bits per heavy atom. The summed E-state index contributed by atoms with van der Waals surface area (Å²) in [4.78, 5) is 0. The van der Waals surface area contributed by atoms with Gasteiger partial charge in [0, 0.05) is 0 Å². The Morgan fingerprint density at radius 2 is 0.333 bits per heavy atom. The predicted octanol–water partition coefficient (Wildman–Crippen LogP) is 5.70. The summed E-state index contributed by atoms with van der Waals surface area (Å²) in [5.74, 6) is 0. The van der Waals surface area contributed by atoms with Gasteiger partial charge in [0.2, 0.25) is 0 Å². The zero-order valence-corrected chi connectivity index (χ0v) is 12.9. The summed E-state index contributed by atoms with van der Waals surface area (Å²) < 4.78 is 0. The maximum Gasteiger partial charge on any atom is 4.00 e. The van der Waals surface area contributed by atoms with Gasteiger partial charge in [-0.2, -0.15) is 0 Å². The molecule has 0 atom stereocenters. The molecular weight excluding hydrogens is 219 g/mol. The van der Waals surface area contributed by atoms with Crippen LogP contribution >= 0.6 is 0 Å². The molecule has 0 heterocycles. The summed E-state index contributed by atoms with van der Waals surface area (Å²) in [6.07, 6.45) is 15.0. The molecule has 0 amide bonds. The van der Waals surface area contributed by atoms with Crippen molar-refractivity contribution in [2.75, 3.05) is 0 Å². The minimum absolute atomic E-state index is 0. The van der Waals surface area contributed by atoms with E-state index in [1.54, 1.807) is 0 Å². The molecule has 0 unspecified atom stereocenters. The van der Waals surface area contributed by atoms with E-state index >= 15 is 0 Å². The monoisotopic (exact) mass is 251 g/mol. The van der Waals surface area contributed by atoms with Crippen molar-refractivity contribution in [1.29, 1.82) is 0 Å². The van der Waals surface area contributed by atoms with Crippen LogP contribution in [-0.4, -0.2) is 0 Å². The van der Waals surface area contributed by atoms with Crippen molar-refractivity contribution in [3.63, 3.8) is 0 Å². The first kappa shape index (κ1) is 29.6. The molecular formula is C14H32V. The Bertz CT molecular complexity index is 38.5. The second-order valence-corrected chi connectivity index (χ2v) is 3.54. The molecule has 0 aromatic heterocycles. The second-order valence-electron chi connectivity index (χ2n) is 3.54. The molecule has 1 radical (unpaired) electrons. The molecule has 0 N–H and O–H groups in total. The summed E-state index contributed by atoms with van der Waals surface area (Å²) in [5.41, 5.74) is 0. The van der Waals surface area contributed by atoms with Crippen LogP contribution in [0.2, 0.25) is 0 Å². The summed E-state index contributed by atoms with van der Waals surface area (Å²) in [7, 11) is 0. The molecule has 1 heteroatoms. The van der Waals surface area contributed by atoms with Gasteiger partial charge in [-0.15, -0.1) is 0 Å². The average molecular weight is 251 g/mol. The smallest absolute Gasteiger partial charge is 0.358 e. The molecule has 2 aliphatic rings. The fourth-order valence-corrected chi connectivity index (χ4v) is 1.77. The third kappa shape index (κ3) is 20.6. The van der Waals surface area contributed by atoms with Crippen LogP contribution in [0, 0.1) is 29.7 Å². The maximum atomic E-state index is 1.50. The minimum atomic E-state index is 0. The SMILES string of the molecule is C1CCCC1.C1CCCC1.[CH3-].[CH3-].[CH3-].[CH3-].[V+4]. The second kappa shape index (κ2) is 24.0. The summed E-state index contributed by atoms with van der Waals surface area (Å²) >= 11 is 0. The molecule has 0 saturated heterocycles. The van der Waals surface area contributed by atoms with E-state index in [-0.39, 0.29) is 48.3 Å². The van der Waals surface area contributed by atoms with Gasteiger partial charge in [-0.1, -0.05) is 64.2 Å². The van der Waals surface area contributed by atoms with Gasteiger partial charge in [-0.05, 0) is 0 Å². The first-order valence-corrected chi connectivity index (χ1v) is 5.00. The van der Waals surface area contributed by atoms with Crippen molar-refractivity contribution in [3.05, 3.63) is 29.7 Å². The van der Waals surface area contributed by atoms with Gasteiger partial charge < -0.3 is 29.7 Å². The molecule has 0 aliphatic heterocycles. The van der Waals surface area contributed by atoms with Crippen LogP contribution in [0.15, 0.2) is 0 Å². The molecule has 0 bridgehead atoms. The van der Waals surface area contributed by atoms with Crippen LogP contribution in [-0.2, 0) is 18.6 Å². The Hall–Kier alpha value is 0.584. The minimum Gasteiger partial charge on any atom is -0.358 e. The normalized spacial score (nSPS) is 16.0. The molecule has 0 spiro atoms. The zero-order chi connectivity index (χ0) is 7.07. The molecule has 2 aliphatic carbocycles. The van der Waals surface area contributed by atoms with Gasteiger partial charge in [0.15, 0.2) is 0 Å². The fraction of sp³-hybridized carbons (Fsp3) is 0.714. The summed E-state index contributed by atoms with van der Waals surface area (Å²) in [6, 6.07) is 0. The van der Waals surface area contributed by atoms with E-state index in [1.807, 2.05) is 0 Å². The van der Waals surface area contributed by atoms with Crippen molar-refractivity contribution < 1.29 is 18.6 Å². The number of rotatable bonds is 0. The Labute approximate surface area is 113 Å². The zero-order valence-electron chi connectivity index (χ0n) is 11.5. The Balaban J connectivity index is -0.0000000333. The van der Waals surface area contributed by atoms with Crippen LogP contribution in [0.4, 0.5) is 0 Å². The van der Waals surface area contributed by atoms with E-state index in [1.165, 1.54) is 64.2 Å². The number of hydrogen-bond acceptors (Lipinski definition) is 0. The van der Waals surface area contributed by atoms with Crippen molar-refractivity contribution in [1.82, 2.24) is 0 Å². The quantitative estimate of drug-likeness (QED) is 0.484. The molecule has 2 fully saturated rings. The van der Waals surface area contributed by atoms with E-state index < -0.39 is 0 Å². The van der Waals surface area contributed by atoms with Crippen LogP contribution in [0.3, 0.4) is 0 Å². The van der Waals surface area contributed by atoms with Crippen molar-refractivity contribution >= 4 is 0 Å². The molecule has 2 saturated carbocycles. The van der Waals surface area contributed by atoms with Gasteiger partial charge in [0.25, 0.3) is 0 Å². The molecule has 0 nitrogen and oxygen atoms in total. The van der Waals surface area contributed by atoms with Gasteiger partial charge in [-0.3, -0.25) is 0 Å². The summed E-state index contributed by atoms with van der Waals surface area (Å²) in [6.45, 7) is 0. The fourth-order valence-electron chi connectivity index (χ4n) is 1.77. The standard InChI is InChI=1S/2C5H10.4CH3.V/c2*1-2-4-5-3-1;;;;;/h2*1-5H2;4*1H3;/q;;4*-1;+4. The first-order valence-electron chi connectivity index (χ1n) is 5.00. The van der Waals surface area contributed by atoms with Gasteiger partial charge in [-0.25, -0.2) is 0 Å². The van der Waals surface area contributed by atoms with E-state index in [2.05, 4.69) is 0 Å². The van der Waals surface area contributed by atoms with Gasteiger partial charge in [0.05, 0.1) is 0 Å². The van der Waals surface area contributed by atoms with E-state index in [4.69, 9.17) is 0 Å². The Kier molecular flexibility index (Phi) is 47.4. The van der Waals surface area contributed by atoms with Crippen molar-refractivity contribution in [2.45, 2.75) is 64.2 Å². The maximum absolute atomic E-state index is 1.50. The third-order valence-electron chi connectivity index (χ3n) is 2.50. The summed E-state index contributed by atoms with van der Waals surface area (Å²) in [5, 5.41) is 0. The molecule has 0 aromatic rings. The van der Waals surface area contributed by atoms with Crippen LogP contribution in [0.25, 0.3) is 0 Å². The number of hydrogen-bond donors (Lipinski definition) is 0. The van der Waals surface area contributed by atoms with Gasteiger partial charge in [0.1, 0.15) is 0 Å². The molecule has 15 heavy (non-hydrogen) atoms. The Morgan fingerprint density at radius 1 is 0.267 bits per heavy atom. The van der Waals surface area contributed by atoms with Crippen LogP contribution in [0.1, 0.15) is 64.2 Å². The largest absolute Gasteiger partial charge is 4.00 e. The van der Waals surface area contributed by atoms with Crippen LogP contribution < -0.4 is 0 Å². The third-order valence-corrected chi connectivity index (χ3v) is 2.50. The van der Waals surface area contributed by atoms with Crippen molar-refractivity contribution in [2.24, 2.45) is 0 Å². The average Bonchev–Trinajstić information content (AvgIpc) is 2.67. The van der Waals surface area contributed by atoms with Gasteiger partial charge >= 0.3 is 18.6 Å². The predicted molar refractivity (Wildman–Crippen MR) is 71.8 cm³/mol. The van der Waals surface area contributed by atoms with Crippen LogP contribution in [0.5, 0.6) is 0 Å². The first-order chi connectivity index (χ1) is 5.00. The van der Waals surface area contributed by atoms with E-state index in [0.29, 0.717) is 0 Å². The van der Waals surface area contributed by atoms with E-state index in [9.17, 15) is 0 Å².